The Labute approximate surface area is 190 Å². The number of benzene rings is 2. The average Bonchev–Trinajstić information content (AvgIpc) is 2.82. The van der Waals surface area contributed by atoms with Gasteiger partial charge in [-0.25, -0.2) is 14.6 Å². The first-order valence-electron chi connectivity index (χ1n) is 9.70. The summed E-state index contributed by atoms with van der Waals surface area (Å²) in [7, 11) is 0. The molecule has 0 N–H and O–H groups in total. The van der Waals surface area contributed by atoms with E-state index in [1.54, 1.807) is 12.1 Å². The van der Waals surface area contributed by atoms with Crippen molar-refractivity contribution < 1.29 is 46.1 Å². The van der Waals surface area contributed by atoms with E-state index in [2.05, 4.69) is 14.5 Å². The van der Waals surface area contributed by atoms with Crippen LogP contribution in [0.15, 0.2) is 66.7 Å². The lowest BCUT2D eigenvalue weighted by Crippen LogP contribution is -2.13. The molecular formula is C23H17F4NO6. The predicted molar refractivity (Wildman–Crippen MR) is 109 cm³/mol. The van der Waals surface area contributed by atoms with Gasteiger partial charge >= 0.3 is 25.2 Å². The molecule has 0 saturated carbocycles. The maximum absolute atomic E-state index is 12.5. The van der Waals surface area contributed by atoms with Crippen molar-refractivity contribution in [3.05, 3.63) is 89.2 Å². The highest BCUT2D eigenvalue weighted by molar-refractivity contribution is 5.91. The molecule has 0 aliphatic carbocycles. The van der Waals surface area contributed by atoms with Crippen molar-refractivity contribution in [2.75, 3.05) is 0 Å². The van der Waals surface area contributed by atoms with Crippen molar-refractivity contribution in [2.24, 2.45) is 0 Å². The van der Waals surface area contributed by atoms with E-state index in [-0.39, 0.29) is 47.2 Å². The third-order valence-corrected chi connectivity index (χ3v) is 4.26. The van der Waals surface area contributed by atoms with Crippen molar-refractivity contribution in [1.29, 1.82) is 0 Å². The van der Waals surface area contributed by atoms with Crippen LogP contribution in [0.5, 0.6) is 11.5 Å². The molecule has 0 aliphatic heterocycles. The number of hydrogen-bond donors (Lipinski definition) is 0. The molecule has 0 spiro atoms. The van der Waals surface area contributed by atoms with Crippen molar-refractivity contribution in [3.8, 4) is 11.5 Å². The molecule has 0 amide bonds. The lowest BCUT2D eigenvalue weighted by atomic mass is 10.2. The quantitative estimate of drug-likeness (QED) is 0.299. The molecule has 0 unspecified atom stereocenters. The largest absolute Gasteiger partial charge is 0.456 e. The van der Waals surface area contributed by atoms with Crippen LogP contribution in [0.1, 0.15) is 32.1 Å². The number of pyridine rings is 1. The van der Waals surface area contributed by atoms with E-state index < -0.39 is 25.2 Å². The minimum atomic E-state index is -3.05. The Morgan fingerprint density at radius 3 is 1.47 bits per heavy atom. The topological polar surface area (TPSA) is 84.0 Å². The maximum Gasteiger partial charge on any atom is 0.387 e. The number of carbonyl (C=O) groups is 2. The summed E-state index contributed by atoms with van der Waals surface area (Å²) < 4.78 is 69.0. The standard InChI is InChI=1S/C23H17F4NO6/c24-22(25)33-18-10-3-1-6-14(18)12-31-20(29)16-8-5-9-17(28-16)21(30)32-13-15-7-2-4-11-19(15)34-23(26)27/h1-11,22-23H,12-13H2. The molecule has 3 aromatic rings. The van der Waals surface area contributed by atoms with Gasteiger partial charge in [-0.15, -0.1) is 0 Å². The van der Waals surface area contributed by atoms with E-state index in [0.717, 1.165) is 0 Å². The molecule has 1 aromatic heterocycles. The molecule has 7 nitrogen and oxygen atoms in total. The number of carbonyl (C=O) groups excluding carboxylic acids is 2. The van der Waals surface area contributed by atoms with E-state index in [1.165, 1.54) is 54.6 Å². The Morgan fingerprint density at radius 2 is 1.06 bits per heavy atom. The first-order chi connectivity index (χ1) is 16.3. The van der Waals surface area contributed by atoms with Gasteiger partial charge in [0.25, 0.3) is 0 Å². The number of ether oxygens (including phenoxy) is 4. The second kappa shape index (κ2) is 11.6. The monoisotopic (exact) mass is 479 g/mol. The number of halogens is 4. The molecule has 0 atom stereocenters. The second-order valence-corrected chi connectivity index (χ2v) is 6.53. The summed E-state index contributed by atoms with van der Waals surface area (Å²) in [5, 5.41) is 0. The van der Waals surface area contributed by atoms with Crippen LogP contribution in [-0.2, 0) is 22.7 Å². The van der Waals surface area contributed by atoms with Gasteiger partial charge in [-0.05, 0) is 24.3 Å². The summed E-state index contributed by atoms with van der Waals surface area (Å²) >= 11 is 0. The van der Waals surface area contributed by atoms with Crippen molar-refractivity contribution in [3.63, 3.8) is 0 Å². The lowest BCUT2D eigenvalue weighted by Gasteiger charge is -2.11. The van der Waals surface area contributed by atoms with Gasteiger partial charge in [0.05, 0.1) is 0 Å². The Bertz CT molecular complexity index is 1060. The van der Waals surface area contributed by atoms with E-state index in [4.69, 9.17) is 9.47 Å². The van der Waals surface area contributed by atoms with Gasteiger partial charge in [0.2, 0.25) is 0 Å². The van der Waals surface area contributed by atoms with Gasteiger partial charge < -0.3 is 18.9 Å². The summed E-state index contributed by atoms with van der Waals surface area (Å²) in [6, 6.07) is 15.5. The fraction of sp³-hybridized carbons (Fsp3) is 0.174. The summed E-state index contributed by atoms with van der Waals surface area (Å²) in [6.07, 6.45) is 0. The second-order valence-electron chi connectivity index (χ2n) is 6.53. The minimum Gasteiger partial charge on any atom is -0.456 e. The molecular weight excluding hydrogens is 462 g/mol. The highest BCUT2D eigenvalue weighted by atomic mass is 19.3. The molecule has 3 rings (SSSR count). The Balaban J connectivity index is 1.62. The van der Waals surface area contributed by atoms with Crippen molar-refractivity contribution >= 4 is 11.9 Å². The zero-order valence-corrected chi connectivity index (χ0v) is 17.3. The molecule has 0 saturated heterocycles. The van der Waals surface area contributed by atoms with Crippen LogP contribution < -0.4 is 9.47 Å². The Morgan fingerprint density at radius 1 is 0.647 bits per heavy atom. The van der Waals surface area contributed by atoms with E-state index in [0.29, 0.717) is 0 Å². The van der Waals surface area contributed by atoms with Crippen molar-refractivity contribution in [1.82, 2.24) is 4.98 Å². The van der Waals surface area contributed by atoms with Crippen LogP contribution in [0.3, 0.4) is 0 Å². The molecule has 34 heavy (non-hydrogen) atoms. The molecule has 178 valence electrons. The zero-order valence-electron chi connectivity index (χ0n) is 17.3. The zero-order chi connectivity index (χ0) is 24.5. The highest BCUT2D eigenvalue weighted by Crippen LogP contribution is 2.22. The van der Waals surface area contributed by atoms with Crippen LogP contribution in [-0.4, -0.2) is 30.1 Å². The first-order valence-corrected chi connectivity index (χ1v) is 9.70. The predicted octanol–water partition coefficient (Wildman–Crippen LogP) is 5.00. The SMILES string of the molecule is O=C(OCc1ccccc1OC(F)F)c1cccc(C(=O)OCc2ccccc2OC(F)F)n1. The molecule has 2 aromatic carbocycles. The van der Waals surface area contributed by atoms with Gasteiger partial charge in [-0.1, -0.05) is 42.5 Å². The van der Waals surface area contributed by atoms with Crippen LogP contribution in [0.4, 0.5) is 17.6 Å². The smallest absolute Gasteiger partial charge is 0.387 e. The third kappa shape index (κ3) is 6.92. The molecule has 1 heterocycles. The fourth-order valence-electron chi connectivity index (χ4n) is 2.76. The summed E-state index contributed by atoms with van der Waals surface area (Å²) in [6.45, 7) is -6.84. The summed E-state index contributed by atoms with van der Waals surface area (Å²) in [5.41, 5.74) is -0.0564. The molecule has 0 bridgehead atoms. The third-order valence-electron chi connectivity index (χ3n) is 4.26. The minimum absolute atomic E-state index is 0.147. The lowest BCUT2D eigenvalue weighted by molar-refractivity contribution is -0.0518. The fourth-order valence-corrected chi connectivity index (χ4v) is 2.76. The molecule has 0 fully saturated rings. The number of alkyl halides is 4. The van der Waals surface area contributed by atoms with Crippen LogP contribution in [0.25, 0.3) is 0 Å². The summed E-state index contributed by atoms with van der Waals surface area (Å²) in [4.78, 5) is 28.6. The van der Waals surface area contributed by atoms with E-state index in [9.17, 15) is 27.2 Å². The number of nitrogens with zero attached hydrogens (tertiary/aromatic N) is 1. The number of esters is 2. The first kappa shape index (κ1) is 24.5. The summed E-state index contributed by atoms with van der Waals surface area (Å²) in [5.74, 6) is -2.13. The Hall–Kier alpha value is -4.15. The van der Waals surface area contributed by atoms with Crippen LogP contribution >= 0.6 is 0 Å². The van der Waals surface area contributed by atoms with E-state index >= 15 is 0 Å². The normalized spacial score (nSPS) is 10.8. The van der Waals surface area contributed by atoms with Crippen LogP contribution in [0, 0.1) is 0 Å². The Kier molecular flexibility index (Phi) is 8.38. The van der Waals surface area contributed by atoms with Gasteiger partial charge in [0.15, 0.2) is 0 Å². The number of hydrogen-bond acceptors (Lipinski definition) is 7. The van der Waals surface area contributed by atoms with Crippen LogP contribution in [0.2, 0.25) is 0 Å². The van der Waals surface area contributed by atoms with Gasteiger partial charge in [-0.3, -0.25) is 0 Å². The van der Waals surface area contributed by atoms with Crippen molar-refractivity contribution in [2.45, 2.75) is 26.4 Å². The van der Waals surface area contributed by atoms with Gasteiger partial charge in [0.1, 0.15) is 36.1 Å². The van der Waals surface area contributed by atoms with Gasteiger partial charge in [-0.2, -0.15) is 17.6 Å². The molecule has 11 heteroatoms. The van der Waals surface area contributed by atoms with Gasteiger partial charge in [0, 0.05) is 11.1 Å². The number of rotatable bonds is 10. The number of para-hydroxylation sites is 2. The molecule has 0 radical (unpaired) electrons. The number of aromatic nitrogens is 1. The average molecular weight is 479 g/mol. The maximum atomic E-state index is 12.5. The highest BCUT2D eigenvalue weighted by Gasteiger charge is 2.17. The molecule has 0 aliphatic rings. The van der Waals surface area contributed by atoms with E-state index in [1.807, 2.05) is 0 Å².